The summed E-state index contributed by atoms with van der Waals surface area (Å²) >= 11 is 6.54. The second-order valence-electron chi connectivity index (χ2n) is 9.60. The molecule has 4 aromatic rings. The lowest BCUT2D eigenvalue weighted by Gasteiger charge is -2.28. The molecular weight excluding hydrogens is 542 g/mol. The number of benzene rings is 1. The Morgan fingerprint density at radius 1 is 1.07 bits per heavy atom. The van der Waals surface area contributed by atoms with Gasteiger partial charge in [0.2, 0.25) is 12.4 Å². The fourth-order valence-corrected chi connectivity index (χ4v) is 5.10. The van der Waals surface area contributed by atoms with E-state index >= 15 is 0 Å². The summed E-state index contributed by atoms with van der Waals surface area (Å²) in [6, 6.07) is 13.1. The normalized spacial score (nSPS) is 13.0. The number of aromatic nitrogens is 4. The quantitative estimate of drug-likeness (QED) is 0.266. The zero-order valence-corrected chi connectivity index (χ0v) is 24.0. The van der Waals surface area contributed by atoms with E-state index in [4.69, 9.17) is 21.3 Å². The van der Waals surface area contributed by atoms with Gasteiger partial charge in [-0.1, -0.05) is 23.7 Å². The summed E-state index contributed by atoms with van der Waals surface area (Å²) in [5.74, 6) is 2.60. The number of piperazine rings is 1. The molecule has 1 aliphatic rings. The Hall–Kier alpha value is -4.48. The number of rotatable bonds is 10. The van der Waals surface area contributed by atoms with Crippen LogP contribution in [0.3, 0.4) is 0 Å². The van der Waals surface area contributed by atoms with Crippen molar-refractivity contribution in [3.05, 3.63) is 77.2 Å². The number of amides is 1. The van der Waals surface area contributed by atoms with E-state index in [0.717, 1.165) is 48.9 Å². The highest BCUT2D eigenvalue weighted by molar-refractivity contribution is 6.33. The first-order valence-electron chi connectivity index (χ1n) is 13.2. The van der Waals surface area contributed by atoms with Crippen molar-refractivity contribution in [1.82, 2.24) is 25.3 Å². The lowest BCUT2D eigenvalue weighted by Crippen LogP contribution is -2.43. The van der Waals surface area contributed by atoms with E-state index in [1.54, 1.807) is 37.8 Å². The minimum absolute atomic E-state index is 0.317. The second-order valence-corrected chi connectivity index (χ2v) is 10.0. The van der Waals surface area contributed by atoms with Crippen LogP contribution in [-0.2, 0) is 11.3 Å². The summed E-state index contributed by atoms with van der Waals surface area (Å²) in [4.78, 5) is 36.4. The van der Waals surface area contributed by atoms with Gasteiger partial charge in [-0.15, -0.1) is 0 Å². The molecule has 3 aromatic heterocycles. The first-order valence-corrected chi connectivity index (χ1v) is 13.6. The smallest absolute Gasteiger partial charge is 0.229 e. The van der Waals surface area contributed by atoms with Crippen LogP contribution >= 0.6 is 11.6 Å². The van der Waals surface area contributed by atoms with Crippen LogP contribution in [0.15, 0.2) is 61.1 Å². The van der Waals surface area contributed by atoms with Crippen molar-refractivity contribution in [2.24, 2.45) is 0 Å². The van der Waals surface area contributed by atoms with E-state index in [1.807, 2.05) is 49.2 Å². The molecule has 0 bridgehead atoms. The third-order valence-corrected chi connectivity index (χ3v) is 7.11. The van der Waals surface area contributed by atoms with E-state index in [-0.39, 0.29) is 0 Å². The largest absolute Gasteiger partial charge is 0.495 e. The lowest BCUT2D eigenvalue weighted by atomic mass is 10.1. The number of hydrogen-bond acceptors (Lipinski definition) is 10. The maximum atomic E-state index is 12.5. The van der Waals surface area contributed by atoms with Crippen molar-refractivity contribution in [1.29, 1.82) is 0 Å². The molecule has 41 heavy (non-hydrogen) atoms. The molecule has 5 rings (SSSR count). The van der Waals surface area contributed by atoms with Crippen LogP contribution in [0.4, 0.5) is 34.8 Å². The van der Waals surface area contributed by atoms with Crippen molar-refractivity contribution < 1.29 is 9.53 Å². The number of hydrogen-bond donors (Lipinski definition) is 2. The molecule has 0 aliphatic carbocycles. The van der Waals surface area contributed by atoms with E-state index in [1.165, 1.54) is 4.90 Å². The molecule has 12 heteroatoms. The summed E-state index contributed by atoms with van der Waals surface area (Å²) in [7, 11) is 3.50. The number of pyridine rings is 2. The van der Waals surface area contributed by atoms with Crippen molar-refractivity contribution in [2.45, 2.75) is 13.5 Å². The van der Waals surface area contributed by atoms with Crippen LogP contribution in [0, 0.1) is 6.92 Å². The van der Waals surface area contributed by atoms with Gasteiger partial charge in [-0.2, -0.15) is 4.98 Å². The molecule has 212 valence electrons. The van der Waals surface area contributed by atoms with Crippen LogP contribution in [0.2, 0.25) is 5.02 Å². The van der Waals surface area contributed by atoms with Crippen molar-refractivity contribution >= 4 is 52.8 Å². The molecule has 11 nitrogen and oxygen atoms in total. The Kier molecular flexibility index (Phi) is 8.76. The molecule has 0 radical (unpaired) electrons. The number of halogens is 1. The number of para-hydroxylation sites is 1. The highest BCUT2D eigenvalue weighted by Crippen LogP contribution is 2.32. The maximum Gasteiger partial charge on any atom is 0.229 e. The molecule has 0 saturated carbocycles. The molecule has 0 unspecified atom stereocenters. The number of ether oxygens (including phenoxy) is 1. The van der Waals surface area contributed by atoms with E-state index < -0.39 is 0 Å². The molecule has 1 aromatic carbocycles. The highest BCUT2D eigenvalue weighted by Gasteiger charge is 2.21. The summed E-state index contributed by atoms with van der Waals surface area (Å²) < 4.78 is 5.23. The number of methoxy groups -OCH3 is 1. The highest BCUT2D eigenvalue weighted by atomic mass is 35.5. The van der Waals surface area contributed by atoms with E-state index in [9.17, 15) is 4.79 Å². The summed E-state index contributed by atoms with van der Waals surface area (Å²) in [6.45, 7) is 6.09. The molecule has 1 aliphatic heterocycles. The van der Waals surface area contributed by atoms with Gasteiger partial charge in [-0.25, -0.2) is 15.0 Å². The van der Waals surface area contributed by atoms with Gasteiger partial charge in [0.1, 0.15) is 17.4 Å². The zero-order valence-electron chi connectivity index (χ0n) is 23.2. The summed E-state index contributed by atoms with van der Waals surface area (Å²) in [5.41, 5.74) is 3.35. The maximum absolute atomic E-state index is 12.5. The third-order valence-electron chi connectivity index (χ3n) is 6.80. The number of carbonyl (C=O) groups is 1. The Morgan fingerprint density at radius 2 is 1.90 bits per heavy atom. The van der Waals surface area contributed by atoms with Gasteiger partial charge >= 0.3 is 0 Å². The Labute approximate surface area is 244 Å². The summed E-state index contributed by atoms with van der Waals surface area (Å²) in [5, 5.41) is 7.20. The average Bonchev–Trinajstić information content (AvgIpc) is 3.00. The molecule has 1 amide bonds. The van der Waals surface area contributed by atoms with E-state index in [0.29, 0.717) is 46.9 Å². The van der Waals surface area contributed by atoms with Crippen LogP contribution in [0.1, 0.15) is 11.1 Å². The number of nitrogens with zero attached hydrogens (tertiary/aromatic N) is 7. The molecule has 4 heterocycles. The Balaban J connectivity index is 1.46. The minimum atomic E-state index is 0.317. The molecule has 2 N–H and O–H groups in total. The molecule has 0 atom stereocenters. The fraction of sp³-hybridized carbons (Fsp3) is 0.276. The Morgan fingerprint density at radius 3 is 2.56 bits per heavy atom. The number of carbonyl (C=O) groups excluding carboxylic acids is 1. The zero-order chi connectivity index (χ0) is 28.8. The van der Waals surface area contributed by atoms with Gasteiger partial charge in [0.15, 0.2) is 5.82 Å². The van der Waals surface area contributed by atoms with Gasteiger partial charge in [-0.3, -0.25) is 9.69 Å². The number of nitrogens with one attached hydrogen (secondary N) is 2. The van der Waals surface area contributed by atoms with Gasteiger partial charge in [-0.05, 0) is 42.8 Å². The average molecular weight is 574 g/mol. The standard InChI is InChI=1S/C29H32ClN9O2/c1-20-5-4-6-24(30)27(20)37(2)18-21-15-34-29(35-22-7-9-25(32-16-22)38-13-11-31-12-14-38)36-28(21)39(19-40)26-10-8-23(41-3)17-33-26/h4-10,15-17,19,31H,11-14,18H2,1-3H3,(H,34,35,36). The predicted octanol–water partition coefficient (Wildman–Crippen LogP) is 4.32. The number of aryl methyl sites for hydroxylation is 1. The first-order chi connectivity index (χ1) is 20.0. The van der Waals surface area contributed by atoms with Crippen molar-refractivity contribution in [3.8, 4) is 5.75 Å². The topological polar surface area (TPSA) is 112 Å². The molecule has 1 fully saturated rings. The van der Waals surface area contributed by atoms with Crippen LogP contribution < -0.4 is 30.1 Å². The van der Waals surface area contributed by atoms with Crippen molar-refractivity contribution in [2.75, 3.05) is 60.4 Å². The molecule has 0 spiro atoms. The third kappa shape index (κ3) is 6.47. The predicted molar refractivity (Wildman–Crippen MR) is 162 cm³/mol. The van der Waals surface area contributed by atoms with Gasteiger partial charge in [0, 0.05) is 51.5 Å². The van der Waals surface area contributed by atoms with Gasteiger partial charge in [0.25, 0.3) is 0 Å². The van der Waals surface area contributed by atoms with Crippen molar-refractivity contribution in [3.63, 3.8) is 0 Å². The van der Waals surface area contributed by atoms with E-state index in [2.05, 4.69) is 30.5 Å². The first kappa shape index (κ1) is 28.1. The van der Waals surface area contributed by atoms with Crippen LogP contribution in [-0.4, -0.2) is 66.7 Å². The SMILES string of the molecule is COc1ccc(N(C=O)c2nc(Nc3ccc(N4CCNCC4)nc3)ncc2CN(C)c2c(C)cccc2Cl)nc1. The fourth-order valence-electron chi connectivity index (χ4n) is 4.74. The monoisotopic (exact) mass is 573 g/mol. The van der Waals surface area contributed by atoms with Gasteiger partial charge < -0.3 is 25.2 Å². The van der Waals surface area contributed by atoms with Crippen LogP contribution in [0.5, 0.6) is 5.75 Å². The lowest BCUT2D eigenvalue weighted by molar-refractivity contribution is -0.106. The number of anilines is 6. The summed E-state index contributed by atoms with van der Waals surface area (Å²) in [6.07, 6.45) is 5.70. The second kappa shape index (κ2) is 12.8. The van der Waals surface area contributed by atoms with Crippen LogP contribution in [0.25, 0.3) is 0 Å². The molecular formula is C29H32ClN9O2. The minimum Gasteiger partial charge on any atom is -0.495 e. The molecule has 1 saturated heterocycles. The van der Waals surface area contributed by atoms with Gasteiger partial charge in [0.05, 0.1) is 35.9 Å². The Bertz CT molecular complexity index is 1460.